The van der Waals surface area contributed by atoms with E-state index in [-0.39, 0.29) is 5.91 Å². The highest BCUT2D eigenvalue weighted by Gasteiger charge is 2.62. The number of halogens is 1. The van der Waals surface area contributed by atoms with Crippen molar-refractivity contribution in [1.82, 2.24) is 0 Å². The van der Waals surface area contributed by atoms with E-state index in [9.17, 15) is 4.79 Å². The SMILES string of the molecule is COc1ccc(NC(=O)[C@@H]2O[C@@H]3OC(C)(C)O[C@@H]3[C@H]3OC(C)(C)O[C@H]32)cc1Cl. The van der Waals surface area contributed by atoms with Crippen molar-refractivity contribution in [2.24, 2.45) is 0 Å². The summed E-state index contributed by atoms with van der Waals surface area (Å²) in [7, 11) is 1.52. The Morgan fingerprint density at radius 2 is 1.68 bits per heavy atom. The molecule has 0 saturated carbocycles. The summed E-state index contributed by atoms with van der Waals surface area (Å²) < 4.78 is 34.8. The zero-order valence-electron chi connectivity index (χ0n) is 16.4. The van der Waals surface area contributed by atoms with Gasteiger partial charge < -0.3 is 33.7 Å². The highest BCUT2D eigenvalue weighted by Crippen LogP contribution is 2.44. The summed E-state index contributed by atoms with van der Waals surface area (Å²) in [6.07, 6.45) is -3.29. The topological polar surface area (TPSA) is 84.5 Å². The molecule has 4 rings (SSSR count). The molecule has 1 N–H and O–H groups in total. The van der Waals surface area contributed by atoms with Gasteiger partial charge in [-0.15, -0.1) is 0 Å². The summed E-state index contributed by atoms with van der Waals surface area (Å²) in [4.78, 5) is 13.0. The number of amides is 1. The first-order chi connectivity index (χ1) is 13.1. The van der Waals surface area contributed by atoms with Crippen LogP contribution in [0.4, 0.5) is 5.69 Å². The maximum absolute atomic E-state index is 13.0. The molecule has 3 fully saturated rings. The standard InChI is InChI=1S/C19H24ClNO7/c1-18(2)25-12-13(26-18)15-17(28-19(3,4)27-15)24-14(12)16(22)21-9-6-7-11(23-5)10(20)8-9/h6-8,12-15,17H,1-5H3,(H,21,22)/t12-,13+,14-,15-,17-/m1/s1. The second-order valence-electron chi connectivity index (χ2n) is 7.93. The predicted molar refractivity (Wildman–Crippen MR) is 99.2 cm³/mol. The van der Waals surface area contributed by atoms with Crippen LogP contribution in [-0.2, 0) is 28.5 Å². The molecule has 0 bridgehead atoms. The lowest BCUT2D eigenvalue weighted by Crippen LogP contribution is -2.58. The predicted octanol–water partition coefficient (Wildman–Crippen LogP) is 2.68. The van der Waals surface area contributed by atoms with Gasteiger partial charge in [0.25, 0.3) is 5.91 Å². The highest BCUT2D eigenvalue weighted by atomic mass is 35.5. The van der Waals surface area contributed by atoms with Crippen LogP contribution in [0, 0.1) is 0 Å². The summed E-state index contributed by atoms with van der Waals surface area (Å²) >= 11 is 6.14. The normalized spacial score (nSPS) is 35.1. The summed E-state index contributed by atoms with van der Waals surface area (Å²) in [5.74, 6) is -1.58. The third-order valence-corrected chi connectivity index (χ3v) is 5.13. The minimum atomic E-state index is -0.939. The number of benzene rings is 1. The van der Waals surface area contributed by atoms with Crippen LogP contribution >= 0.6 is 11.6 Å². The lowest BCUT2D eigenvalue weighted by atomic mass is 9.98. The van der Waals surface area contributed by atoms with Crippen LogP contribution in [0.15, 0.2) is 18.2 Å². The third kappa shape index (κ3) is 3.60. The fourth-order valence-electron chi connectivity index (χ4n) is 3.78. The average molecular weight is 414 g/mol. The quantitative estimate of drug-likeness (QED) is 0.815. The number of carbonyl (C=O) groups is 1. The van der Waals surface area contributed by atoms with Gasteiger partial charge in [-0.1, -0.05) is 11.6 Å². The second kappa shape index (κ2) is 6.83. The van der Waals surface area contributed by atoms with Gasteiger partial charge in [0.1, 0.15) is 24.1 Å². The number of nitrogens with one attached hydrogen (secondary N) is 1. The van der Waals surface area contributed by atoms with Crippen LogP contribution in [0.25, 0.3) is 0 Å². The van der Waals surface area contributed by atoms with Crippen LogP contribution < -0.4 is 10.1 Å². The number of fused-ring (bicyclic) bond motifs is 3. The third-order valence-electron chi connectivity index (χ3n) is 4.83. The zero-order valence-corrected chi connectivity index (χ0v) is 17.1. The van der Waals surface area contributed by atoms with Crippen LogP contribution in [0.5, 0.6) is 5.75 Å². The van der Waals surface area contributed by atoms with E-state index in [1.807, 2.05) is 0 Å². The number of carbonyl (C=O) groups excluding carboxylic acids is 1. The van der Waals surface area contributed by atoms with E-state index in [2.05, 4.69) is 5.32 Å². The first-order valence-corrected chi connectivity index (χ1v) is 9.47. The first kappa shape index (κ1) is 19.9. The van der Waals surface area contributed by atoms with Crippen LogP contribution in [-0.4, -0.2) is 55.3 Å². The molecule has 0 aliphatic carbocycles. The molecule has 9 heteroatoms. The Morgan fingerprint density at radius 1 is 1.04 bits per heavy atom. The molecular weight excluding hydrogens is 390 g/mol. The zero-order chi connectivity index (χ0) is 20.3. The van der Waals surface area contributed by atoms with E-state index in [4.69, 9.17) is 40.0 Å². The minimum Gasteiger partial charge on any atom is -0.495 e. The lowest BCUT2D eigenvalue weighted by Gasteiger charge is -2.36. The van der Waals surface area contributed by atoms with Gasteiger partial charge in [-0.3, -0.25) is 4.79 Å². The van der Waals surface area contributed by atoms with Crippen molar-refractivity contribution in [3.63, 3.8) is 0 Å². The Morgan fingerprint density at radius 3 is 2.36 bits per heavy atom. The summed E-state index contributed by atoms with van der Waals surface area (Å²) in [6.45, 7) is 7.16. The fourth-order valence-corrected chi connectivity index (χ4v) is 4.04. The van der Waals surface area contributed by atoms with Gasteiger partial charge in [0.15, 0.2) is 24.0 Å². The largest absolute Gasteiger partial charge is 0.495 e. The van der Waals surface area contributed by atoms with E-state index < -0.39 is 42.3 Å². The Kier molecular flexibility index (Phi) is 4.85. The number of methoxy groups -OCH3 is 1. The molecule has 8 nitrogen and oxygen atoms in total. The van der Waals surface area contributed by atoms with Gasteiger partial charge in [0.2, 0.25) is 0 Å². The van der Waals surface area contributed by atoms with E-state index in [0.29, 0.717) is 16.5 Å². The van der Waals surface area contributed by atoms with Crippen molar-refractivity contribution < 1.29 is 33.2 Å². The van der Waals surface area contributed by atoms with Crippen molar-refractivity contribution in [3.8, 4) is 5.75 Å². The van der Waals surface area contributed by atoms with Gasteiger partial charge in [-0.2, -0.15) is 0 Å². The minimum absolute atomic E-state index is 0.385. The number of rotatable bonds is 3. The van der Waals surface area contributed by atoms with Gasteiger partial charge in [-0.25, -0.2) is 0 Å². The first-order valence-electron chi connectivity index (χ1n) is 9.10. The molecule has 3 heterocycles. The van der Waals surface area contributed by atoms with Crippen molar-refractivity contribution >= 4 is 23.2 Å². The van der Waals surface area contributed by atoms with Gasteiger partial charge in [0, 0.05) is 5.69 Å². The Bertz CT molecular complexity index is 784. The molecule has 1 aromatic carbocycles. The Hall–Kier alpha value is -1.42. The molecule has 0 aromatic heterocycles. The monoisotopic (exact) mass is 413 g/mol. The smallest absolute Gasteiger partial charge is 0.256 e. The summed E-state index contributed by atoms with van der Waals surface area (Å²) in [5.41, 5.74) is 0.514. The molecule has 1 amide bonds. The molecule has 3 aliphatic rings. The van der Waals surface area contributed by atoms with Crippen molar-refractivity contribution in [1.29, 1.82) is 0 Å². The van der Waals surface area contributed by atoms with Crippen LogP contribution in [0.1, 0.15) is 27.7 Å². The molecule has 0 spiro atoms. The van der Waals surface area contributed by atoms with Crippen LogP contribution in [0.2, 0.25) is 5.02 Å². The second-order valence-corrected chi connectivity index (χ2v) is 8.34. The van der Waals surface area contributed by atoms with E-state index in [1.54, 1.807) is 45.9 Å². The van der Waals surface area contributed by atoms with Crippen molar-refractivity contribution in [3.05, 3.63) is 23.2 Å². The van der Waals surface area contributed by atoms with Crippen molar-refractivity contribution in [2.45, 2.75) is 70.0 Å². The molecule has 28 heavy (non-hydrogen) atoms. The van der Waals surface area contributed by atoms with E-state index >= 15 is 0 Å². The number of hydrogen-bond donors (Lipinski definition) is 1. The van der Waals surface area contributed by atoms with E-state index in [0.717, 1.165) is 0 Å². The van der Waals surface area contributed by atoms with E-state index in [1.165, 1.54) is 7.11 Å². The molecule has 154 valence electrons. The van der Waals surface area contributed by atoms with Crippen molar-refractivity contribution in [2.75, 3.05) is 12.4 Å². The molecule has 3 saturated heterocycles. The van der Waals surface area contributed by atoms with Crippen LogP contribution in [0.3, 0.4) is 0 Å². The number of anilines is 1. The molecular formula is C19H24ClNO7. The molecule has 5 atom stereocenters. The maximum atomic E-state index is 13.0. The lowest BCUT2D eigenvalue weighted by molar-refractivity contribution is -0.229. The number of hydrogen-bond acceptors (Lipinski definition) is 7. The Balaban J connectivity index is 1.56. The summed E-state index contributed by atoms with van der Waals surface area (Å²) in [6, 6.07) is 4.98. The molecule has 1 aromatic rings. The average Bonchev–Trinajstić information content (AvgIpc) is 3.08. The summed E-state index contributed by atoms with van der Waals surface area (Å²) in [5, 5.41) is 3.20. The highest BCUT2D eigenvalue weighted by molar-refractivity contribution is 6.32. The van der Waals surface area contributed by atoms with Gasteiger partial charge >= 0.3 is 0 Å². The molecule has 3 aliphatic heterocycles. The molecule has 0 radical (unpaired) electrons. The number of ether oxygens (including phenoxy) is 6. The fraction of sp³-hybridized carbons (Fsp3) is 0.632. The maximum Gasteiger partial charge on any atom is 0.256 e. The van der Waals surface area contributed by atoms with Gasteiger partial charge in [0.05, 0.1) is 12.1 Å². The van der Waals surface area contributed by atoms with Gasteiger partial charge in [-0.05, 0) is 45.9 Å². The molecule has 0 unspecified atom stereocenters. The Labute approximate surface area is 168 Å².